The Morgan fingerprint density at radius 3 is 2.35 bits per heavy atom. The first-order valence-corrected chi connectivity index (χ1v) is 8.36. The summed E-state index contributed by atoms with van der Waals surface area (Å²) in [6, 6.07) is 0.493. The number of carbonyl (C=O) groups is 1. The fourth-order valence-electron chi connectivity index (χ4n) is 3.55. The van der Waals surface area contributed by atoms with Crippen LogP contribution in [0.15, 0.2) is 0 Å². The Morgan fingerprint density at radius 1 is 1.15 bits per heavy atom. The lowest BCUT2D eigenvalue weighted by Crippen LogP contribution is -2.48. The zero-order valence-electron chi connectivity index (χ0n) is 12.9. The average Bonchev–Trinajstić information content (AvgIpc) is 2.48. The van der Waals surface area contributed by atoms with Gasteiger partial charge in [-0.2, -0.15) is 0 Å². The van der Waals surface area contributed by atoms with Crippen molar-refractivity contribution in [3.8, 4) is 0 Å². The standard InChI is InChI=1S/C16H30N2O2/c1-14(19)12-18(15-8-4-2-5-9-15)13-16(20)17-10-6-3-7-11-17/h14-15,19H,2-13H2,1H3. The van der Waals surface area contributed by atoms with Gasteiger partial charge in [-0.1, -0.05) is 19.3 Å². The maximum Gasteiger partial charge on any atom is 0.236 e. The second-order valence-electron chi connectivity index (χ2n) is 6.51. The van der Waals surface area contributed by atoms with Crippen LogP contribution >= 0.6 is 0 Å². The fourth-order valence-corrected chi connectivity index (χ4v) is 3.55. The van der Waals surface area contributed by atoms with E-state index in [4.69, 9.17) is 0 Å². The second-order valence-corrected chi connectivity index (χ2v) is 6.51. The molecular weight excluding hydrogens is 252 g/mol. The van der Waals surface area contributed by atoms with Gasteiger partial charge >= 0.3 is 0 Å². The van der Waals surface area contributed by atoms with Gasteiger partial charge < -0.3 is 10.0 Å². The van der Waals surface area contributed by atoms with Gasteiger partial charge in [-0.15, -0.1) is 0 Å². The largest absolute Gasteiger partial charge is 0.392 e. The maximum atomic E-state index is 12.4. The molecule has 2 aliphatic rings. The summed E-state index contributed by atoms with van der Waals surface area (Å²) in [4.78, 5) is 16.7. The summed E-state index contributed by atoms with van der Waals surface area (Å²) in [5.41, 5.74) is 0. The van der Waals surface area contributed by atoms with E-state index in [1.807, 2.05) is 11.8 Å². The maximum absolute atomic E-state index is 12.4. The number of carbonyl (C=O) groups excluding carboxylic acids is 1. The van der Waals surface area contributed by atoms with Crippen LogP contribution in [-0.4, -0.2) is 59.1 Å². The van der Waals surface area contributed by atoms with Crippen molar-refractivity contribution in [3.63, 3.8) is 0 Å². The molecule has 4 heteroatoms. The minimum atomic E-state index is -0.355. The summed E-state index contributed by atoms with van der Waals surface area (Å²) in [7, 11) is 0. The Labute approximate surface area is 123 Å². The zero-order valence-corrected chi connectivity index (χ0v) is 12.9. The van der Waals surface area contributed by atoms with Crippen molar-refractivity contribution in [3.05, 3.63) is 0 Å². The molecule has 1 aliphatic carbocycles. The first kappa shape index (κ1) is 15.8. The predicted octanol–water partition coefficient (Wildman–Crippen LogP) is 2.01. The van der Waals surface area contributed by atoms with Crippen LogP contribution in [0.5, 0.6) is 0 Å². The number of aliphatic hydroxyl groups excluding tert-OH is 1. The number of hydrogen-bond acceptors (Lipinski definition) is 3. The van der Waals surface area contributed by atoms with Gasteiger partial charge in [-0.3, -0.25) is 9.69 Å². The molecule has 1 saturated heterocycles. The highest BCUT2D eigenvalue weighted by molar-refractivity contribution is 5.78. The fraction of sp³-hybridized carbons (Fsp3) is 0.938. The Morgan fingerprint density at radius 2 is 1.75 bits per heavy atom. The Balaban J connectivity index is 1.89. The van der Waals surface area contributed by atoms with Crippen LogP contribution in [0.1, 0.15) is 58.3 Å². The number of hydrogen-bond donors (Lipinski definition) is 1. The number of rotatable bonds is 5. The van der Waals surface area contributed by atoms with E-state index < -0.39 is 0 Å². The molecule has 116 valence electrons. The van der Waals surface area contributed by atoms with Crippen molar-refractivity contribution in [2.75, 3.05) is 26.2 Å². The minimum Gasteiger partial charge on any atom is -0.392 e. The third-order valence-electron chi connectivity index (χ3n) is 4.64. The first-order valence-electron chi connectivity index (χ1n) is 8.36. The molecule has 1 heterocycles. The van der Waals surface area contributed by atoms with Crippen molar-refractivity contribution in [1.29, 1.82) is 0 Å². The van der Waals surface area contributed by atoms with Gasteiger partial charge in [-0.05, 0) is 39.0 Å². The predicted molar refractivity (Wildman–Crippen MR) is 80.6 cm³/mol. The lowest BCUT2D eigenvalue weighted by Gasteiger charge is -2.36. The summed E-state index contributed by atoms with van der Waals surface area (Å²) in [5.74, 6) is 0.260. The van der Waals surface area contributed by atoms with E-state index in [1.54, 1.807) is 0 Å². The zero-order chi connectivity index (χ0) is 14.4. The summed E-state index contributed by atoms with van der Waals surface area (Å²) in [6.45, 7) is 4.79. The van der Waals surface area contributed by atoms with Gasteiger partial charge in [0.25, 0.3) is 0 Å². The summed E-state index contributed by atoms with van der Waals surface area (Å²) < 4.78 is 0. The molecular formula is C16H30N2O2. The quantitative estimate of drug-likeness (QED) is 0.839. The van der Waals surface area contributed by atoms with E-state index in [9.17, 15) is 9.90 Å². The topological polar surface area (TPSA) is 43.8 Å². The number of aliphatic hydroxyl groups is 1. The van der Waals surface area contributed by atoms with Crippen molar-refractivity contribution in [2.24, 2.45) is 0 Å². The molecule has 2 rings (SSSR count). The lowest BCUT2D eigenvalue weighted by atomic mass is 9.94. The normalized spacial score (nSPS) is 23.1. The Kier molecular flexibility index (Phi) is 6.30. The highest BCUT2D eigenvalue weighted by Crippen LogP contribution is 2.23. The third kappa shape index (κ3) is 4.74. The van der Waals surface area contributed by atoms with Gasteiger partial charge in [0.2, 0.25) is 5.91 Å². The van der Waals surface area contributed by atoms with Crippen molar-refractivity contribution in [1.82, 2.24) is 9.80 Å². The second kappa shape index (κ2) is 7.99. The number of amides is 1. The molecule has 0 aromatic rings. The molecule has 0 spiro atoms. The highest BCUT2D eigenvalue weighted by Gasteiger charge is 2.26. The molecule has 1 N–H and O–H groups in total. The van der Waals surface area contributed by atoms with Crippen LogP contribution in [0.2, 0.25) is 0 Å². The van der Waals surface area contributed by atoms with Gasteiger partial charge in [-0.25, -0.2) is 0 Å². The van der Waals surface area contributed by atoms with Gasteiger partial charge in [0.15, 0.2) is 0 Å². The molecule has 1 atom stereocenters. The van der Waals surface area contributed by atoms with Crippen LogP contribution in [0.3, 0.4) is 0 Å². The number of nitrogens with zero attached hydrogens (tertiary/aromatic N) is 2. The van der Waals surface area contributed by atoms with E-state index >= 15 is 0 Å². The van der Waals surface area contributed by atoms with Crippen LogP contribution in [-0.2, 0) is 4.79 Å². The molecule has 0 bridgehead atoms. The number of piperidine rings is 1. The van der Waals surface area contributed by atoms with Crippen LogP contribution in [0, 0.1) is 0 Å². The highest BCUT2D eigenvalue weighted by atomic mass is 16.3. The third-order valence-corrected chi connectivity index (χ3v) is 4.64. The Hall–Kier alpha value is -0.610. The van der Waals surface area contributed by atoms with Gasteiger partial charge in [0, 0.05) is 25.7 Å². The lowest BCUT2D eigenvalue weighted by molar-refractivity contribution is -0.134. The van der Waals surface area contributed by atoms with E-state index in [0.29, 0.717) is 19.1 Å². The van der Waals surface area contributed by atoms with Crippen molar-refractivity contribution in [2.45, 2.75) is 70.4 Å². The molecule has 1 aliphatic heterocycles. The molecule has 1 unspecified atom stereocenters. The SMILES string of the molecule is CC(O)CN(CC(=O)N1CCCCC1)C1CCCCC1. The molecule has 1 amide bonds. The van der Waals surface area contributed by atoms with E-state index in [1.165, 1.54) is 38.5 Å². The van der Waals surface area contributed by atoms with Crippen LogP contribution < -0.4 is 0 Å². The van der Waals surface area contributed by atoms with Gasteiger partial charge in [0.1, 0.15) is 0 Å². The molecule has 0 aromatic heterocycles. The summed E-state index contributed by atoms with van der Waals surface area (Å²) >= 11 is 0. The molecule has 20 heavy (non-hydrogen) atoms. The molecule has 0 radical (unpaired) electrons. The number of likely N-dealkylation sites (tertiary alicyclic amines) is 1. The molecule has 1 saturated carbocycles. The smallest absolute Gasteiger partial charge is 0.236 e. The van der Waals surface area contributed by atoms with E-state index in [0.717, 1.165) is 25.9 Å². The summed E-state index contributed by atoms with van der Waals surface area (Å²) in [5, 5.41) is 9.71. The monoisotopic (exact) mass is 282 g/mol. The molecule has 4 nitrogen and oxygen atoms in total. The first-order chi connectivity index (χ1) is 9.66. The minimum absolute atomic E-state index is 0.260. The Bertz CT molecular complexity index is 295. The summed E-state index contributed by atoms with van der Waals surface area (Å²) in [6.07, 6.45) is 9.39. The molecule has 2 fully saturated rings. The van der Waals surface area contributed by atoms with Crippen molar-refractivity contribution < 1.29 is 9.90 Å². The van der Waals surface area contributed by atoms with Crippen LogP contribution in [0.4, 0.5) is 0 Å². The van der Waals surface area contributed by atoms with Crippen molar-refractivity contribution >= 4 is 5.91 Å². The molecule has 0 aromatic carbocycles. The van der Waals surface area contributed by atoms with E-state index in [-0.39, 0.29) is 12.0 Å². The van der Waals surface area contributed by atoms with Gasteiger partial charge in [0.05, 0.1) is 12.6 Å². The van der Waals surface area contributed by atoms with E-state index in [2.05, 4.69) is 4.90 Å². The average molecular weight is 282 g/mol. The van der Waals surface area contributed by atoms with Crippen LogP contribution in [0.25, 0.3) is 0 Å².